The lowest BCUT2D eigenvalue weighted by atomic mass is 9.97. The Kier molecular flexibility index (Phi) is 41.6. The third-order valence-corrected chi connectivity index (χ3v) is 15.0. The summed E-state index contributed by atoms with van der Waals surface area (Å²) in [5.41, 5.74) is 0. The molecule has 14 nitrogen and oxygen atoms in total. The van der Waals surface area contributed by atoms with Crippen LogP contribution in [-0.2, 0) is 23.7 Å². The number of ether oxygens (including phenoxy) is 4. The minimum Gasteiger partial charge on any atom is -0.394 e. The van der Waals surface area contributed by atoms with Crippen LogP contribution in [0.5, 0.6) is 0 Å². The molecule has 426 valence electrons. The lowest BCUT2D eigenvalue weighted by Gasteiger charge is -2.46. The highest BCUT2D eigenvalue weighted by molar-refractivity contribution is 5.76. The number of hydrogen-bond donors (Lipinski definition) is 9. The van der Waals surface area contributed by atoms with Crippen LogP contribution in [0.3, 0.4) is 0 Å². The molecule has 2 saturated heterocycles. The Labute approximate surface area is 437 Å². The van der Waals surface area contributed by atoms with Gasteiger partial charge in [0.15, 0.2) is 12.6 Å². The standard InChI is InChI=1S/C58H111NO13/c1-3-5-7-9-11-13-15-16-17-18-19-20-21-22-23-24-25-26-27-28-29-30-31-32-34-36-38-40-42-50(63)59-46(47(62)41-39-37-35-33-14-12-10-8-6-4-2)45-69-57-55(68)53(66)56(49(44-61)71-57)72-58-54(67)52(65)51(64)48(43-60)70-58/h39,41,46-49,51-58,60-62,64-68H,3-38,40,42-45H2,1-2H3,(H,59,63)/b41-39+/t46-,47+,48+,49+,51-,52?,53?,54?,55?,56+,57+,58-/m0/s1. The molecule has 0 bridgehead atoms. The number of carbonyl (C=O) groups excluding carboxylic acids is 1. The van der Waals surface area contributed by atoms with Gasteiger partial charge in [0.25, 0.3) is 0 Å². The number of hydrogen-bond acceptors (Lipinski definition) is 13. The summed E-state index contributed by atoms with van der Waals surface area (Å²) in [5.74, 6) is -0.236. The van der Waals surface area contributed by atoms with E-state index in [1.165, 1.54) is 193 Å². The second-order valence-corrected chi connectivity index (χ2v) is 21.5. The Morgan fingerprint density at radius 3 is 1.28 bits per heavy atom. The highest BCUT2D eigenvalue weighted by Gasteiger charge is 2.51. The predicted molar refractivity (Wildman–Crippen MR) is 286 cm³/mol. The zero-order valence-corrected chi connectivity index (χ0v) is 45.7. The molecule has 9 N–H and O–H groups in total. The van der Waals surface area contributed by atoms with E-state index in [-0.39, 0.29) is 18.9 Å². The maximum Gasteiger partial charge on any atom is 0.220 e. The molecule has 2 heterocycles. The molecule has 14 heteroatoms. The van der Waals surface area contributed by atoms with Crippen molar-refractivity contribution in [3.05, 3.63) is 12.2 Å². The van der Waals surface area contributed by atoms with Gasteiger partial charge in [-0.05, 0) is 19.3 Å². The molecule has 0 aromatic rings. The topological polar surface area (TPSA) is 228 Å². The molecular weight excluding hydrogens is 919 g/mol. The highest BCUT2D eigenvalue weighted by Crippen LogP contribution is 2.30. The predicted octanol–water partition coefficient (Wildman–Crippen LogP) is 9.89. The van der Waals surface area contributed by atoms with Gasteiger partial charge in [-0.1, -0.05) is 244 Å². The molecule has 72 heavy (non-hydrogen) atoms. The Hall–Kier alpha value is -1.27. The molecule has 0 radical (unpaired) electrons. The average molecular weight is 1030 g/mol. The van der Waals surface area contributed by atoms with Gasteiger partial charge in [-0.15, -0.1) is 0 Å². The normalized spacial score (nSPS) is 25.6. The Balaban J connectivity index is 1.65. The van der Waals surface area contributed by atoms with E-state index in [1.807, 2.05) is 6.08 Å². The molecule has 2 aliphatic heterocycles. The smallest absolute Gasteiger partial charge is 0.220 e. The summed E-state index contributed by atoms with van der Waals surface area (Å²) < 4.78 is 22.7. The van der Waals surface area contributed by atoms with Gasteiger partial charge in [0.1, 0.15) is 48.8 Å². The molecule has 2 aliphatic rings. The van der Waals surface area contributed by atoms with Gasteiger partial charge in [-0.2, -0.15) is 0 Å². The van der Waals surface area contributed by atoms with Crippen LogP contribution in [0.2, 0.25) is 0 Å². The van der Waals surface area contributed by atoms with Crippen molar-refractivity contribution < 1.29 is 64.6 Å². The molecule has 2 fully saturated rings. The Morgan fingerprint density at radius 2 is 0.861 bits per heavy atom. The van der Waals surface area contributed by atoms with E-state index < -0.39 is 86.8 Å². The molecule has 0 aliphatic carbocycles. The fourth-order valence-electron chi connectivity index (χ4n) is 10.1. The van der Waals surface area contributed by atoms with Crippen LogP contribution in [0, 0.1) is 0 Å². The van der Waals surface area contributed by atoms with Gasteiger partial charge in [0, 0.05) is 6.42 Å². The van der Waals surface area contributed by atoms with Crippen molar-refractivity contribution in [2.75, 3.05) is 19.8 Å². The summed E-state index contributed by atoms with van der Waals surface area (Å²) in [6, 6.07) is -0.908. The van der Waals surface area contributed by atoms with Gasteiger partial charge in [-0.25, -0.2) is 0 Å². The summed E-state index contributed by atoms with van der Waals surface area (Å²) in [7, 11) is 0. The molecule has 0 aromatic heterocycles. The first kappa shape index (κ1) is 66.8. The Bertz CT molecular complexity index is 1260. The van der Waals surface area contributed by atoms with E-state index in [0.29, 0.717) is 6.42 Å². The van der Waals surface area contributed by atoms with Crippen LogP contribution in [0.4, 0.5) is 0 Å². The zero-order valence-electron chi connectivity index (χ0n) is 45.7. The van der Waals surface area contributed by atoms with Crippen LogP contribution in [0.25, 0.3) is 0 Å². The quantitative estimate of drug-likeness (QED) is 0.0205. The molecule has 12 atom stereocenters. The van der Waals surface area contributed by atoms with Crippen molar-refractivity contribution >= 4 is 5.91 Å². The largest absolute Gasteiger partial charge is 0.394 e. The van der Waals surface area contributed by atoms with Crippen molar-refractivity contribution in [2.24, 2.45) is 0 Å². The average Bonchev–Trinajstić information content (AvgIpc) is 3.38. The van der Waals surface area contributed by atoms with E-state index in [2.05, 4.69) is 19.2 Å². The number of carbonyl (C=O) groups is 1. The fraction of sp³-hybridized carbons (Fsp3) is 0.948. The lowest BCUT2D eigenvalue weighted by Crippen LogP contribution is -2.65. The van der Waals surface area contributed by atoms with Gasteiger partial charge in [0.05, 0.1) is 32.0 Å². The van der Waals surface area contributed by atoms with Crippen LogP contribution in [-0.4, -0.2) is 140 Å². The first-order valence-electron chi connectivity index (χ1n) is 29.9. The summed E-state index contributed by atoms with van der Waals surface area (Å²) in [4.78, 5) is 13.2. The number of aliphatic hydroxyl groups excluding tert-OH is 8. The van der Waals surface area contributed by atoms with E-state index in [0.717, 1.165) is 38.5 Å². The van der Waals surface area contributed by atoms with E-state index >= 15 is 0 Å². The molecule has 0 saturated carbocycles. The van der Waals surface area contributed by atoms with Crippen molar-refractivity contribution in [1.82, 2.24) is 5.32 Å². The first-order valence-corrected chi connectivity index (χ1v) is 29.9. The second-order valence-electron chi connectivity index (χ2n) is 21.5. The van der Waals surface area contributed by atoms with Gasteiger partial charge >= 0.3 is 0 Å². The SMILES string of the molecule is CCCCCCCCCC/C=C/[C@@H](O)[C@H](CO[C@@H]1O[C@H](CO)[C@@H](O[C@@H]2O[C@H](CO)[C@H](O)C(O)C2O)C(O)C1O)NC(=O)CCCCCCCCCCCCCCCCCCCCCCCCCCCCCC. The summed E-state index contributed by atoms with van der Waals surface area (Å²) in [6.45, 7) is 2.79. The van der Waals surface area contributed by atoms with E-state index in [4.69, 9.17) is 18.9 Å². The zero-order chi connectivity index (χ0) is 52.4. The van der Waals surface area contributed by atoms with Gasteiger partial charge in [-0.3, -0.25) is 4.79 Å². The third-order valence-electron chi connectivity index (χ3n) is 15.0. The number of aliphatic hydroxyl groups is 8. The molecule has 2 rings (SSSR count). The fourth-order valence-corrected chi connectivity index (χ4v) is 10.1. The summed E-state index contributed by atoms with van der Waals surface area (Å²) in [6.07, 6.45) is 34.3. The number of amides is 1. The molecule has 4 unspecified atom stereocenters. The van der Waals surface area contributed by atoms with Crippen LogP contribution in [0.15, 0.2) is 12.2 Å². The third kappa shape index (κ3) is 30.5. The molecular formula is C58H111NO13. The number of allylic oxidation sites excluding steroid dienone is 1. The van der Waals surface area contributed by atoms with Crippen LogP contribution >= 0.6 is 0 Å². The van der Waals surface area contributed by atoms with E-state index in [1.54, 1.807) is 6.08 Å². The first-order chi connectivity index (χ1) is 35.1. The van der Waals surface area contributed by atoms with Crippen molar-refractivity contribution in [3.8, 4) is 0 Å². The number of nitrogens with one attached hydrogen (secondary N) is 1. The van der Waals surface area contributed by atoms with Gasteiger partial charge in [0.2, 0.25) is 5.91 Å². The highest BCUT2D eigenvalue weighted by atomic mass is 16.7. The second kappa shape index (κ2) is 44.8. The Morgan fingerprint density at radius 1 is 0.486 bits per heavy atom. The van der Waals surface area contributed by atoms with Crippen molar-refractivity contribution in [3.63, 3.8) is 0 Å². The van der Waals surface area contributed by atoms with Gasteiger partial charge < -0.3 is 65.1 Å². The van der Waals surface area contributed by atoms with Crippen molar-refractivity contribution in [2.45, 2.75) is 331 Å². The number of unbranched alkanes of at least 4 members (excludes halogenated alkanes) is 35. The summed E-state index contributed by atoms with van der Waals surface area (Å²) in [5, 5.41) is 86.8. The van der Waals surface area contributed by atoms with Crippen LogP contribution in [0.1, 0.15) is 258 Å². The minimum absolute atomic E-state index is 0.236. The van der Waals surface area contributed by atoms with E-state index in [9.17, 15) is 45.6 Å². The molecule has 0 aromatic carbocycles. The molecule has 0 spiro atoms. The minimum atomic E-state index is -1.78. The maximum atomic E-state index is 13.2. The monoisotopic (exact) mass is 1030 g/mol. The molecule has 1 amide bonds. The lowest BCUT2D eigenvalue weighted by molar-refractivity contribution is -0.359. The summed E-state index contributed by atoms with van der Waals surface area (Å²) >= 11 is 0. The van der Waals surface area contributed by atoms with Crippen LogP contribution < -0.4 is 5.32 Å². The van der Waals surface area contributed by atoms with Crippen molar-refractivity contribution in [1.29, 1.82) is 0 Å². The number of rotatable bonds is 48. The maximum absolute atomic E-state index is 13.2.